The Morgan fingerprint density at radius 1 is 1.38 bits per heavy atom. The van der Waals surface area contributed by atoms with E-state index in [2.05, 4.69) is 9.71 Å². The van der Waals surface area contributed by atoms with E-state index in [1.165, 1.54) is 21.9 Å². The Labute approximate surface area is 127 Å². The summed E-state index contributed by atoms with van der Waals surface area (Å²) in [4.78, 5) is 4.32. The van der Waals surface area contributed by atoms with E-state index in [4.69, 9.17) is 11.6 Å². The molecule has 0 aliphatic carbocycles. The number of hydrogen-bond donors (Lipinski definition) is 1. The Hall–Kier alpha value is -0.840. The van der Waals surface area contributed by atoms with E-state index in [1.54, 1.807) is 5.38 Å². The molecule has 0 radical (unpaired) electrons. The summed E-state index contributed by atoms with van der Waals surface area (Å²) in [6.45, 7) is -0.0912. The number of halogens is 4. The van der Waals surface area contributed by atoms with Gasteiger partial charge in [0, 0.05) is 24.5 Å². The molecule has 0 spiro atoms. The van der Waals surface area contributed by atoms with Gasteiger partial charge in [0.1, 0.15) is 0 Å². The minimum absolute atomic E-state index is 0.0853. The molecule has 0 bridgehead atoms. The maximum atomic E-state index is 12.1. The molecule has 2 rings (SSSR count). The van der Waals surface area contributed by atoms with Crippen LogP contribution in [0.1, 0.15) is 19.3 Å². The number of imidazole rings is 1. The van der Waals surface area contributed by atoms with E-state index in [0.29, 0.717) is 4.96 Å². The molecule has 0 fully saturated rings. The second-order valence-electron chi connectivity index (χ2n) is 4.23. The fraction of sp³-hybridized carbons (Fsp3) is 0.500. The molecular weight excluding hydrogens is 351 g/mol. The summed E-state index contributed by atoms with van der Waals surface area (Å²) < 4.78 is 63.7. The van der Waals surface area contributed by atoms with E-state index < -0.39 is 22.6 Å². The van der Waals surface area contributed by atoms with Crippen LogP contribution in [0.15, 0.2) is 16.6 Å². The number of rotatable bonds is 6. The summed E-state index contributed by atoms with van der Waals surface area (Å²) in [5.41, 5.74) is 0. The number of thiazole rings is 1. The van der Waals surface area contributed by atoms with Gasteiger partial charge in [-0.1, -0.05) is 11.6 Å². The first kappa shape index (κ1) is 16.5. The van der Waals surface area contributed by atoms with Gasteiger partial charge in [-0.25, -0.2) is 18.1 Å². The SMILES string of the molecule is O=S(=O)(NCCCCC(F)(F)F)c1c(Cl)nc2sccn12. The van der Waals surface area contributed by atoms with Gasteiger partial charge in [-0.2, -0.15) is 13.2 Å². The lowest BCUT2D eigenvalue weighted by Crippen LogP contribution is -2.26. The van der Waals surface area contributed by atoms with Crippen molar-refractivity contribution in [2.24, 2.45) is 0 Å². The van der Waals surface area contributed by atoms with Crippen molar-refractivity contribution in [1.82, 2.24) is 14.1 Å². The standard InChI is InChI=1S/C10H11ClF3N3O2S2/c11-7-8(17-5-6-20-9(17)16-7)21(18,19)15-4-2-1-3-10(12,13)14/h5-6,15H,1-4H2. The van der Waals surface area contributed by atoms with Crippen LogP contribution in [0.25, 0.3) is 4.96 Å². The molecule has 0 aliphatic rings. The van der Waals surface area contributed by atoms with Crippen LogP contribution in [0.3, 0.4) is 0 Å². The molecule has 0 saturated heterocycles. The number of unbranched alkanes of at least 4 members (excludes halogenated alkanes) is 1. The van der Waals surface area contributed by atoms with Gasteiger partial charge >= 0.3 is 6.18 Å². The van der Waals surface area contributed by atoms with E-state index >= 15 is 0 Å². The molecule has 0 unspecified atom stereocenters. The van der Waals surface area contributed by atoms with Gasteiger partial charge in [0.2, 0.25) is 0 Å². The summed E-state index contributed by atoms with van der Waals surface area (Å²) in [5, 5.41) is 1.29. The van der Waals surface area contributed by atoms with Crippen LogP contribution in [-0.4, -0.2) is 30.5 Å². The maximum Gasteiger partial charge on any atom is 0.389 e. The van der Waals surface area contributed by atoms with Gasteiger partial charge in [0.25, 0.3) is 10.0 Å². The van der Waals surface area contributed by atoms with Crippen molar-refractivity contribution in [3.63, 3.8) is 0 Å². The highest BCUT2D eigenvalue weighted by Gasteiger charge is 2.27. The lowest BCUT2D eigenvalue weighted by Gasteiger charge is -2.07. The van der Waals surface area contributed by atoms with Crippen LogP contribution in [-0.2, 0) is 10.0 Å². The lowest BCUT2D eigenvalue weighted by molar-refractivity contribution is -0.135. The summed E-state index contributed by atoms with van der Waals surface area (Å²) in [6.07, 6.45) is -3.70. The molecule has 2 aromatic heterocycles. The molecule has 11 heteroatoms. The molecule has 1 N–H and O–H groups in total. The molecule has 0 amide bonds. The van der Waals surface area contributed by atoms with Gasteiger partial charge in [-0.15, -0.1) is 11.3 Å². The average Bonchev–Trinajstić information content (AvgIpc) is 2.85. The van der Waals surface area contributed by atoms with Crippen molar-refractivity contribution in [1.29, 1.82) is 0 Å². The second-order valence-corrected chi connectivity index (χ2v) is 7.15. The Morgan fingerprint density at radius 3 is 2.76 bits per heavy atom. The molecule has 5 nitrogen and oxygen atoms in total. The highest BCUT2D eigenvalue weighted by Crippen LogP contribution is 2.25. The highest BCUT2D eigenvalue weighted by molar-refractivity contribution is 7.89. The Bertz CT molecular complexity index is 724. The smallest absolute Gasteiger partial charge is 0.279 e. The molecule has 0 atom stereocenters. The third kappa shape index (κ3) is 4.09. The van der Waals surface area contributed by atoms with Crippen molar-refractivity contribution < 1.29 is 21.6 Å². The first-order chi connectivity index (χ1) is 9.71. The zero-order valence-corrected chi connectivity index (χ0v) is 12.9. The van der Waals surface area contributed by atoms with E-state index in [9.17, 15) is 21.6 Å². The number of nitrogens with one attached hydrogen (secondary N) is 1. The van der Waals surface area contributed by atoms with E-state index in [-0.39, 0.29) is 29.6 Å². The van der Waals surface area contributed by atoms with Crippen LogP contribution < -0.4 is 4.72 Å². The fourth-order valence-corrected chi connectivity index (χ4v) is 4.23. The van der Waals surface area contributed by atoms with Crippen LogP contribution in [0.5, 0.6) is 0 Å². The van der Waals surface area contributed by atoms with Gasteiger partial charge < -0.3 is 0 Å². The summed E-state index contributed by atoms with van der Waals surface area (Å²) >= 11 is 7.02. The third-order valence-electron chi connectivity index (χ3n) is 2.61. The van der Waals surface area contributed by atoms with Gasteiger partial charge in [0.05, 0.1) is 0 Å². The number of sulfonamides is 1. The van der Waals surface area contributed by atoms with Crippen LogP contribution >= 0.6 is 22.9 Å². The average molecular weight is 362 g/mol. The van der Waals surface area contributed by atoms with E-state index in [1.807, 2.05) is 0 Å². The summed E-state index contributed by atoms with van der Waals surface area (Å²) in [7, 11) is -3.92. The van der Waals surface area contributed by atoms with Crippen molar-refractivity contribution in [2.75, 3.05) is 6.54 Å². The normalized spacial score (nSPS) is 13.1. The minimum Gasteiger partial charge on any atom is -0.279 e. The van der Waals surface area contributed by atoms with Crippen molar-refractivity contribution in [3.05, 3.63) is 16.7 Å². The zero-order chi connectivity index (χ0) is 15.7. The molecular formula is C10H11ClF3N3O2S2. The fourth-order valence-electron chi connectivity index (χ4n) is 1.70. The molecule has 2 aromatic rings. The van der Waals surface area contributed by atoms with Gasteiger partial charge in [0.15, 0.2) is 15.1 Å². The molecule has 0 saturated carbocycles. The largest absolute Gasteiger partial charge is 0.389 e. The third-order valence-corrected chi connectivity index (χ3v) is 5.23. The van der Waals surface area contributed by atoms with Crippen molar-refractivity contribution in [3.8, 4) is 0 Å². The Kier molecular flexibility index (Phi) is 4.81. The van der Waals surface area contributed by atoms with Gasteiger partial charge in [-0.3, -0.25) is 4.40 Å². The number of hydrogen-bond acceptors (Lipinski definition) is 4. The number of aromatic nitrogens is 2. The van der Waals surface area contributed by atoms with Crippen LogP contribution in [0.4, 0.5) is 13.2 Å². The number of fused-ring (bicyclic) bond motifs is 1. The summed E-state index contributed by atoms with van der Waals surface area (Å²) in [6, 6.07) is 0. The minimum atomic E-state index is -4.23. The van der Waals surface area contributed by atoms with Crippen LogP contribution in [0, 0.1) is 0 Å². The van der Waals surface area contributed by atoms with Crippen LogP contribution in [0.2, 0.25) is 5.15 Å². The van der Waals surface area contributed by atoms with Gasteiger partial charge in [-0.05, 0) is 12.8 Å². The van der Waals surface area contributed by atoms with E-state index in [0.717, 1.165) is 0 Å². The number of alkyl halides is 3. The summed E-state index contributed by atoms with van der Waals surface area (Å²) in [5.74, 6) is 0. The van der Waals surface area contributed by atoms with Crippen molar-refractivity contribution in [2.45, 2.75) is 30.5 Å². The first-order valence-corrected chi connectivity index (χ1v) is 8.62. The highest BCUT2D eigenvalue weighted by atomic mass is 35.5. The Morgan fingerprint density at radius 2 is 2.10 bits per heavy atom. The molecule has 0 aliphatic heterocycles. The topological polar surface area (TPSA) is 63.5 Å². The monoisotopic (exact) mass is 361 g/mol. The molecule has 2 heterocycles. The predicted molar refractivity (Wildman–Crippen MR) is 73.2 cm³/mol. The molecule has 118 valence electrons. The predicted octanol–water partition coefficient (Wildman–Crippen LogP) is 3.06. The first-order valence-electron chi connectivity index (χ1n) is 5.88. The maximum absolute atomic E-state index is 12.1. The molecule has 0 aromatic carbocycles. The Balaban J connectivity index is 1.99. The lowest BCUT2D eigenvalue weighted by atomic mass is 10.2. The second kappa shape index (κ2) is 6.11. The zero-order valence-electron chi connectivity index (χ0n) is 10.5. The quantitative estimate of drug-likeness (QED) is 0.804. The van der Waals surface area contributed by atoms with Crippen molar-refractivity contribution >= 4 is 37.9 Å². The number of nitrogens with zero attached hydrogens (tertiary/aromatic N) is 2. The molecule has 21 heavy (non-hydrogen) atoms.